The van der Waals surface area contributed by atoms with E-state index in [4.69, 9.17) is 16.3 Å². The van der Waals surface area contributed by atoms with Gasteiger partial charge in [-0.3, -0.25) is 4.79 Å². The van der Waals surface area contributed by atoms with Crippen molar-refractivity contribution in [1.29, 1.82) is 0 Å². The Morgan fingerprint density at radius 2 is 2.00 bits per heavy atom. The molecule has 0 saturated carbocycles. The summed E-state index contributed by atoms with van der Waals surface area (Å²) >= 11 is 6.07. The molecule has 0 fully saturated rings. The van der Waals surface area contributed by atoms with Gasteiger partial charge in [-0.15, -0.1) is 0 Å². The molecule has 0 saturated heterocycles. The molecule has 0 aromatic heterocycles. The Balaban J connectivity index is 2.11. The van der Waals surface area contributed by atoms with Crippen LogP contribution in [-0.2, 0) is 4.79 Å². The molecule has 1 aliphatic rings. The lowest BCUT2D eigenvalue weighted by atomic mass is 9.92. The minimum Gasteiger partial charge on any atom is -0.494 e. The Morgan fingerprint density at radius 1 is 1.32 bits per heavy atom. The molecule has 1 unspecified atom stereocenters. The molecule has 3 nitrogen and oxygen atoms in total. The number of ketones is 1. The van der Waals surface area contributed by atoms with Crippen LogP contribution in [0.25, 0.3) is 0 Å². The second kappa shape index (κ2) is 6.11. The lowest BCUT2D eigenvalue weighted by Crippen LogP contribution is -2.19. The number of halogens is 1. The standard InChI is InChI=1S/C15H18ClNO2/c1-3-19-12-6-4-11(5-7-12)17-13-8-10(2)9-14(18)15(13)16/h4-7,10,17H,3,8-9H2,1-2H3. The molecule has 1 atom stereocenters. The van der Waals surface area contributed by atoms with Crippen LogP contribution in [-0.4, -0.2) is 12.4 Å². The summed E-state index contributed by atoms with van der Waals surface area (Å²) < 4.78 is 5.39. The number of carbonyl (C=O) groups is 1. The molecule has 1 aliphatic carbocycles. The number of anilines is 1. The summed E-state index contributed by atoms with van der Waals surface area (Å²) in [6, 6.07) is 7.64. The van der Waals surface area contributed by atoms with Gasteiger partial charge in [0.25, 0.3) is 0 Å². The van der Waals surface area contributed by atoms with Gasteiger partial charge < -0.3 is 10.1 Å². The van der Waals surface area contributed by atoms with Crippen molar-refractivity contribution in [3.63, 3.8) is 0 Å². The number of ether oxygens (including phenoxy) is 1. The summed E-state index contributed by atoms with van der Waals surface area (Å²) in [6.45, 7) is 4.66. The zero-order valence-corrected chi connectivity index (χ0v) is 12.0. The normalized spacial score (nSPS) is 19.5. The summed E-state index contributed by atoms with van der Waals surface area (Å²) in [5.74, 6) is 1.19. The van der Waals surface area contributed by atoms with E-state index in [0.29, 0.717) is 24.0 Å². The first kappa shape index (κ1) is 13.9. The second-order valence-electron chi connectivity index (χ2n) is 4.81. The molecular weight excluding hydrogens is 262 g/mol. The topological polar surface area (TPSA) is 38.3 Å². The number of hydrogen-bond donors (Lipinski definition) is 1. The van der Waals surface area contributed by atoms with Crippen LogP contribution in [0.2, 0.25) is 0 Å². The molecule has 4 heteroatoms. The number of rotatable bonds is 4. The van der Waals surface area contributed by atoms with Crippen LogP contribution in [0.15, 0.2) is 35.0 Å². The number of allylic oxidation sites excluding steroid dienone is 2. The molecule has 0 heterocycles. The molecule has 0 aliphatic heterocycles. The first-order chi connectivity index (χ1) is 9.10. The van der Waals surface area contributed by atoms with Crippen LogP contribution < -0.4 is 10.1 Å². The quantitative estimate of drug-likeness (QED) is 0.907. The van der Waals surface area contributed by atoms with Gasteiger partial charge in [0.2, 0.25) is 0 Å². The highest BCUT2D eigenvalue weighted by Gasteiger charge is 2.23. The molecule has 0 spiro atoms. The van der Waals surface area contributed by atoms with E-state index in [1.165, 1.54) is 0 Å². The number of hydrogen-bond acceptors (Lipinski definition) is 3. The lowest BCUT2D eigenvalue weighted by Gasteiger charge is -2.22. The van der Waals surface area contributed by atoms with Gasteiger partial charge in [-0.1, -0.05) is 18.5 Å². The van der Waals surface area contributed by atoms with Crippen LogP contribution in [0.5, 0.6) is 5.75 Å². The Morgan fingerprint density at radius 3 is 2.63 bits per heavy atom. The van der Waals surface area contributed by atoms with Crippen LogP contribution >= 0.6 is 11.6 Å². The summed E-state index contributed by atoms with van der Waals surface area (Å²) in [5, 5.41) is 3.57. The van der Waals surface area contributed by atoms with Crippen molar-refractivity contribution >= 4 is 23.1 Å². The van der Waals surface area contributed by atoms with E-state index in [-0.39, 0.29) is 5.78 Å². The minimum absolute atomic E-state index is 0.0221. The number of Topliss-reactive ketones (excluding diaryl/α,β-unsaturated/α-hetero) is 1. The molecule has 2 rings (SSSR count). The number of nitrogens with one attached hydrogen (secondary N) is 1. The van der Waals surface area contributed by atoms with Crippen molar-refractivity contribution in [1.82, 2.24) is 0 Å². The van der Waals surface area contributed by atoms with Gasteiger partial charge in [0, 0.05) is 17.8 Å². The van der Waals surface area contributed by atoms with Crippen molar-refractivity contribution in [2.24, 2.45) is 5.92 Å². The predicted octanol–water partition coefficient (Wildman–Crippen LogP) is 3.95. The van der Waals surface area contributed by atoms with E-state index < -0.39 is 0 Å². The van der Waals surface area contributed by atoms with Gasteiger partial charge >= 0.3 is 0 Å². The van der Waals surface area contributed by atoms with Crippen LogP contribution in [0.4, 0.5) is 5.69 Å². The predicted molar refractivity (Wildman–Crippen MR) is 77.5 cm³/mol. The SMILES string of the molecule is CCOc1ccc(NC2=C(Cl)C(=O)CC(C)C2)cc1. The highest BCUT2D eigenvalue weighted by molar-refractivity contribution is 6.43. The first-order valence-electron chi connectivity index (χ1n) is 6.52. The van der Waals surface area contributed by atoms with Crippen LogP contribution in [0, 0.1) is 5.92 Å². The molecule has 19 heavy (non-hydrogen) atoms. The van der Waals surface area contributed by atoms with Crippen molar-refractivity contribution in [3.8, 4) is 5.75 Å². The van der Waals surface area contributed by atoms with E-state index in [0.717, 1.165) is 23.6 Å². The van der Waals surface area contributed by atoms with Crippen molar-refractivity contribution in [2.45, 2.75) is 26.7 Å². The fraction of sp³-hybridized carbons (Fsp3) is 0.400. The van der Waals surface area contributed by atoms with E-state index in [1.54, 1.807) is 0 Å². The maximum absolute atomic E-state index is 11.7. The zero-order valence-electron chi connectivity index (χ0n) is 11.2. The van der Waals surface area contributed by atoms with E-state index in [1.807, 2.05) is 31.2 Å². The third-order valence-electron chi connectivity index (χ3n) is 3.06. The summed E-state index contributed by atoms with van der Waals surface area (Å²) in [6.07, 6.45) is 1.34. The Labute approximate surface area is 118 Å². The van der Waals surface area contributed by atoms with Crippen molar-refractivity contribution in [3.05, 3.63) is 35.0 Å². The average molecular weight is 280 g/mol. The van der Waals surface area contributed by atoms with Gasteiger partial charge in [0.15, 0.2) is 5.78 Å². The molecule has 0 bridgehead atoms. The molecule has 0 radical (unpaired) electrons. The van der Waals surface area contributed by atoms with Gasteiger partial charge in [0.1, 0.15) is 10.8 Å². The van der Waals surface area contributed by atoms with E-state index in [2.05, 4.69) is 12.2 Å². The van der Waals surface area contributed by atoms with Crippen molar-refractivity contribution in [2.75, 3.05) is 11.9 Å². The highest BCUT2D eigenvalue weighted by atomic mass is 35.5. The van der Waals surface area contributed by atoms with Gasteiger partial charge in [-0.05, 0) is 43.5 Å². The molecule has 102 valence electrons. The van der Waals surface area contributed by atoms with Gasteiger partial charge in [-0.2, -0.15) is 0 Å². The fourth-order valence-corrected chi connectivity index (χ4v) is 2.37. The van der Waals surface area contributed by atoms with E-state index in [9.17, 15) is 4.79 Å². The Bertz CT molecular complexity index is 493. The molecule has 1 aromatic rings. The van der Waals surface area contributed by atoms with Crippen LogP contribution in [0.1, 0.15) is 26.7 Å². The fourth-order valence-electron chi connectivity index (χ4n) is 2.17. The van der Waals surface area contributed by atoms with Gasteiger partial charge in [-0.25, -0.2) is 0 Å². The maximum Gasteiger partial charge on any atom is 0.176 e. The Hall–Kier alpha value is -1.48. The molecule has 1 N–H and O–H groups in total. The third-order valence-corrected chi connectivity index (χ3v) is 3.50. The summed E-state index contributed by atoms with van der Waals surface area (Å²) in [5.41, 5.74) is 1.73. The monoisotopic (exact) mass is 279 g/mol. The smallest absolute Gasteiger partial charge is 0.176 e. The Kier molecular flexibility index (Phi) is 4.48. The van der Waals surface area contributed by atoms with E-state index >= 15 is 0 Å². The zero-order chi connectivity index (χ0) is 13.8. The molecular formula is C15H18ClNO2. The minimum atomic E-state index is 0.0221. The van der Waals surface area contributed by atoms with Crippen LogP contribution in [0.3, 0.4) is 0 Å². The van der Waals surface area contributed by atoms with Crippen molar-refractivity contribution < 1.29 is 9.53 Å². The summed E-state index contributed by atoms with van der Waals surface area (Å²) in [7, 11) is 0. The lowest BCUT2D eigenvalue weighted by molar-refractivity contribution is -0.116. The average Bonchev–Trinajstić information content (AvgIpc) is 2.38. The number of benzene rings is 1. The molecule has 1 aromatic carbocycles. The third kappa shape index (κ3) is 3.51. The van der Waals surface area contributed by atoms with Gasteiger partial charge in [0.05, 0.1) is 6.61 Å². The largest absolute Gasteiger partial charge is 0.494 e. The summed E-state index contributed by atoms with van der Waals surface area (Å²) in [4.78, 5) is 11.7. The number of carbonyl (C=O) groups excluding carboxylic acids is 1. The molecule has 0 amide bonds. The first-order valence-corrected chi connectivity index (χ1v) is 6.89. The second-order valence-corrected chi connectivity index (χ2v) is 5.19. The highest BCUT2D eigenvalue weighted by Crippen LogP contribution is 2.30. The maximum atomic E-state index is 11.7.